The number of non-ortho nitro benzene ring substituents is 1. The highest BCUT2D eigenvalue weighted by Crippen LogP contribution is 2.23. The quantitative estimate of drug-likeness (QED) is 0.249. The molecule has 0 radical (unpaired) electrons. The van der Waals surface area contributed by atoms with Gasteiger partial charge in [-0.25, -0.2) is 9.48 Å². The van der Waals surface area contributed by atoms with Gasteiger partial charge in [-0.3, -0.25) is 19.7 Å². The molecule has 1 aromatic heterocycles. The molecular formula is C28H28ClF3N6O6. The van der Waals surface area contributed by atoms with E-state index in [2.05, 4.69) is 34.5 Å². The molecule has 2 heterocycles. The summed E-state index contributed by atoms with van der Waals surface area (Å²) in [6.07, 6.45) is 0.214. The zero-order chi connectivity index (χ0) is 32.6. The Morgan fingerprint density at radius 2 is 1.70 bits per heavy atom. The molecule has 16 heteroatoms. The van der Waals surface area contributed by atoms with Crippen molar-refractivity contribution >= 4 is 46.6 Å². The number of nitro benzene ring substituents is 1. The number of nitro groups is 1. The molecule has 2 atom stereocenters. The number of carboxylic acid groups (broad SMARTS) is 1. The third-order valence-corrected chi connectivity index (χ3v) is 6.56. The van der Waals surface area contributed by atoms with Gasteiger partial charge in [-0.05, 0) is 43.7 Å². The van der Waals surface area contributed by atoms with Crippen molar-refractivity contribution in [3.8, 4) is 0 Å². The van der Waals surface area contributed by atoms with E-state index in [-0.39, 0.29) is 40.8 Å². The Balaban J connectivity index is 0.000000676. The van der Waals surface area contributed by atoms with Crippen molar-refractivity contribution in [3.05, 3.63) is 97.4 Å². The second-order valence-electron chi connectivity index (χ2n) is 9.79. The number of amides is 1. The predicted octanol–water partition coefficient (Wildman–Crippen LogP) is 4.59. The van der Waals surface area contributed by atoms with Gasteiger partial charge in [0.2, 0.25) is 0 Å². The average Bonchev–Trinajstić information content (AvgIpc) is 2.95. The molecule has 1 aliphatic heterocycles. The van der Waals surface area contributed by atoms with Crippen LogP contribution in [0, 0.1) is 10.1 Å². The molecule has 0 saturated carbocycles. The number of aliphatic carboxylic acids is 1. The molecule has 44 heavy (non-hydrogen) atoms. The van der Waals surface area contributed by atoms with Crippen LogP contribution in [0.3, 0.4) is 0 Å². The van der Waals surface area contributed by atoms with Gasteiger partial charge >= 0.3 is 12.1 Å². The first-order chi connectivity index (χ1) is 20.6. The summed E-state index contributed by atoms with van der Waals surface area (Å²) in [5.41, 5.74) is 2.00. The summed E-state index contributed by atoms with van der Waals surface area (Å²) in [5, 5.41) is 28.6. The number of anilines is 2. The van der Waals surface area contributed by atoms with E-state index < -0.39 is 17.1 Å². The molecule has 1 saturated heterocycles. The Kier molecular flexibility index (Phi) is 11.2. The highest BCUT2D eigenvalue weighted by molar-refractivity contribution is 6.33. The number of allylic oxidation sites excluding steroid dienone is 1. The highest BCUT2D eigenvalue weighted by Gasteiger charge is 2.38. The van der Waals surface area contributed by atoms with Crippen molar-refractivity contribution < 1.29 is 32.8 Å². The number of carbonyl (C=O) groups excluding carboxylic acids is 1. The molecule has 3 N–H and O–H groups in total. The highest BCUT2D eigenvalue weighted by atomic mass is 35.5. The maximum Gasteiger partial charge on any atom is 0.490 e. The predicted molar refractivity (Wildman–Crippen MR) is 158 cm³/mol. The summed E-state index contributed by atoms with van der Waals surface area (Å²) in [5.74, 6) is -3.12. The fraction of sp³-hybridized carbons (Fsp3) is 0.286. The average molecular weight is 637 g/mol. The standard InChI is InChI=1S/C26H27ClN6O4.C2HF3O2/c1-17-15-31(16-18(2)29-17)23-14-28-32(26(35)24(23)27)13-3-4-19-5-9-21(10-6-19)30-25(34)20-7-11-22(12-8-20)33(36)37;3-2(4,5)1(6)7/h3-12,14,17-18,29H,13,15-16H2,1-2H3,(H,30,34);(H,6,7)/b4-3+;. The van der Waals surface area contributed by atoms with Crippen molar-refractivity contribution in [1.82, 2.24) is 15.1 Å². The van der Waals surface area contributed by atoms with Crippen LogP contribution in [0.1, 0.15) is 29.8 Å². The fourth-order valence-corrected chi connectivity index (χ4v) is 4.50. The molecule has 2 aromatic carbocycles. The van der Waals surface area contributed by atoms with Gasteiger partial charge in [0.25, 0.3) is 17.2 Å². The number of halogens is 4. The van der Waals surface area contributed by atoms with Crippen molar-refractivity contribution in [2.75, 3.05) is 23.3 Å². The van der Waals surface area contributed by atoms with Crippen LogP contribution in [0.25, 0.3) is 6.08 Å². The van der Waals surface area contributed by atoms with Gasteiger partial charge in [-0.2, -0.15) is 18.3 Å². The van der Waals surface area contributed by atoms with Crippen molar-refractivity contribution in [3.63, 3.8) is 0 Å². The third-order valence-electron chi connectivity index (χ3n) is 6.20. The maximum absolute atomic E-state index is 12.8. The minimum atomic E-state index is -5.08. The number of alkyl halides is 3. The molecule has 0 aliphatic carbocycles. The molecule has 1 aliphatic rings. The molecule has 0 bridgehead atoms. The van der Waals surface area contributed by atoms with Crippen LogP contribution >= 0.6 is 11.6 Å². The lowest BCUT2D eigenvalue weighted by Crippen LogP contribution is -2.54. The Labute approximate surface area is 253 Å². The number of nitrogens with one attached hydrogen (secondary N) is 2. The van der Waals surface area contributed by atoms with E-state index >= 15 is 0 Å². The van der Waals surface area contributed by atoms with Crippen LogP contribution in [-0.2, 0) is 11.3 Å². The first kappa shape index (κ1) is 33.7. The second kappa shape index (κ2) is 14.6. The summed E-state index contributed by atoms with van der Waals surface area (Å²) < 4.78 is 33.1. The van der Waals surface area contributed by atoms with Crippen LogP contribution < -0.4 is 21.1 Å². The minimum Gasteiger partial charge on any atom is -0.475 e. The Morgan fingerprint density at radius 3 is 2.23 bits per heavy atom. The Morgan fingerprint density at radius 1 is 1.14 bits per heavy atom. The van der Waals surface area contributed by atoms with E-state index in [1.165, 1.54) is 28.9 Å². The molecular weight excluding hydrogens is 609 g/mol. The number of rotatable bonds is 7. The smallest absolute Gasteiger partial charge is 0.475 e. The van der Waals surface area contributed by atoms with Gasteiger partial charge in [0.1, 0.15) is 5.02 Å². The van der Waals surface area contributed by atoms with E-state index in [4.69, 9.17) is 21.5 Å². The number of piperazine rings is 1. The van der Waals surface area contributed by atoms with Gasteiger partial charge in [0.05, 0.1) is 23.4 Å². The largest absolute Gasteiger partial charge is 0.490 e. The van der Waals surface area contributed by atoms with E-state index in [0.29, 0.717) is 16.9 Å². The number of aromatic nitrogens is 2. The van der Waals surface area contributed by atoms with E-state index in [9.17, 15) is 32.9 Å². The summed E-state index contributed by atoms with van der Waals surface area (Å²) in [4.78, 5) is 46.4. The van der Waals surface area contributed by atoms with Gasteiger partial charge in [-0.1, -0.05) is 35.9 Å². The van der Waals surface area contributed by atoms with Gasteiger partial charge in [0, 0.05) is 48.6 Å². The lowest BCUT2D eigenvalue weighted by molar-refractivity contribution is -0.384. The van der Waals surface area contributed by atoms with Crippen molar-refractivity contribution in [1.29, 1.82) is 0 Å². The Hall–Kier alpha value is -4.76. The summed E-state index contributed by atoms with van der Waals surface area (Å²) >= 11 is 6.42. The number of hydrogen-bond acceptors (Lipinski definition) is 8. The monoisotopic (exact) mass is 636 g/mol. The van der Waals surface area contributed by atoms with E-state index in [0.717, 1.165) is 18.7 Å². The summed E-state index contributed by atoms with van der Waals surface area (Å²) in [7, 11) is 0. The summed E-state index contributed by atoms with van der Waals surface area (Å²) in [6.45, 7) is 5.94. The normalized spacial score (nSPS) is 16.6. The molecule has 4 rings (SSSR count). The van der Waals surface area contributed by atoms with E-state index in [1.807, 2.05) is 24.3 Å². The lowest BCUT2D eigenvalue weighted by atomic mass is 10.1. The van der Waals surface area contributed by atoms with Crippen LogP contribution in [0.5, 0.6) is 0 Å². The first-order valence-corrected chi connectivity index (χ1v) is 13.4. The number of carbonyl (C=O) groups is 2. The molecule has 12 nitrogen and oxygen atoms in total. The first-order valence-electron chi connectivity index (χ1n) is 13.0. The second-order valence-corrected chi connectivity index (χ2v) is 10.2. The lowest BCUT2D eigenvalue weighted by Gasteiger charge is -2.37. The summed E-state index contributed by atoms with van der Waals surface area (Å²) in [6, 6.07) is 13.1. The minimum absolute atomic E-state index is 0.0767. The zero-order valence-corrected chi connectivity index (χ0v) is 24.2. The third kappa shape index (κ3) is 9.37. The molecule has 3 aromatic rings. The molecule has 1 fully saturated rings. The van der Waals surface area contributed by atoms with Crippen LogP contribution in [0.2, 0.25) is 5.02 Å². The number of carboxylic acids is 1. The van der Waals surface area contributed by atoms with Crippen molar-refractivity contribution in [2.45, 2.75) is 38.7 Å². The molecule has 0 spiro atoms. The number of hydrogen-bond donors (Lipinski definition) is 3. The van der Waals surface area contributed by atoms with Crippen LogP contribution in [-0.4, -0.2) is 63.0 Å². The van der Waals surface area contributed by atoms with Crippen LogP contribution in [0.4, 0.5) is 30.2 Å². The Bertz CT molecular complexity index is 1570. The van der Waals surface area contributed by atoms with Gasteiger partial charge in [-0.15, -0.1) is 0 Å². The van der Waals surface area contributed by atoms with Crippen LogP contribution in [0.15, 0.2) is 65.6 Å². The molecule has 234 valence electrons. The number of nitrogens with zero attached hydrogens (tertiary/aromatic N) is 4. The van der Waals surface area contributed by atoms with Gasteiger partial charge in [0.15, 0.2) is 0 Å². The molecule has 2 unspecified atom stereocenters. The topological polar surface area (TPSA) is 160 Å². The van der Waals surface area contributed by atoms with Gasteiger partial charge < -0.3 is 20.6 Å². The zero-order valence-electron chi connectivity index (χ0n) is 23.4. The fourth-order valence-electron chi connectivity index (χ4n) is 4.23. The van der Waals surface area contributed by atoms with Crippen molar-refractivity contribution in [2.24, 2.45) is 0 Å². The van der Waals surface area contributed by atoms with E-state index in [1.54, 1.807) is 18.3 Å². The number of benzene rings is 2. The maximum atomic E-state index is 12.8. The molecule has 1 amide bonds. The SMILES string of the molecule is CC1CN(c2cnn(C/C=C/c3ccc(NC(=O)c4ccc([N+](=O)[O-])cc4)cc3)c(=O)c2Cl)CC(C)N1.O=C(O)C(F)(F)F.